The highest BCUT2D eigenvalue weighted by Crippen LogP contribution is 2.40. The van der Waals surface area contributed by atoms with Gasteiger partial charge in [-0.3, -0.25) is 10.1 Å². The van der Waals surface area contributed by atoms with Crippen LogP contribution in [0.4, 0.5) is 5.13 Å². The van der Waals surface area contributed by atoms with Gasteiger partial charge in [-0.05, 0) is 51.0 Å². The Labute approximate surface area is 194 Å². The lowest BCUT2D eigenvalue weighted by atomic mass is 10.1. The molecule has 0 saturated heterocycles. The number of benzene rings is 1. The molecule has 1 amide bonds. The second-order valence-corrected chi connectivity index (χ2v) is 9.50. The van der Waals surface area contributed by atoms with Crippen LogP contribution in [0.5, 0.6) is 11.5 Å². The molecule has 2 aliphatic rings. The maximum Gasteiger partial charge on any atom is 0.258 e. The summed E-state index contributed by atoms with van der Waals surface area (Å²) in [6.45, 7) is 5.21. The molecule has 1 aliphatic heterocycles. The maximum absolute atomic E-state index is 13.3. The van der Waals surface area contributed by atoms with Crippen LogP contribution >= 0.6 is 11.3 Å². The third-order valence-corrected chi connectivity index (χ3v) is 6.64. The average molecular weight is 462 g/mol. The van der Waals surface area contributed by atoms with E-state index in [9.17, 15) is 4.79 Å². The normalized spacial score (nSPS) is 15.2. The number of hydrogen-bond acceptors (Lipinski definition) is 7. The van der Waals surface area contributed by atoms with E-state index >= 15 is 0 Å². The summed E-state index contributed by atoms with van der Waals surface area (Å²) in [5.41, 5.74) is 4.00. The number of anilines is 1. The quantitative estimate of drug-likeness (QED) is 0.448. The molecule has 3 aromatic heterocycles. The molecule has 1 saturated carbocycles. The average Bonchev–Trinajstić information content (AvgIpc) is 3.42. The zero-order chi connectivity index (χ0) is 22.5. The Morgan fingerprint density at radius 2 is 1.97 bits per heavy atom. The first-order valence-corrected chi connectivity index (χ1v) is 12.0. The highest BCUT2D eigenvalue weighted by molar-refractivity contribution is 7.14. The first-order valence-electron chi connectivity index (χ1n) is 11.1. The number of carbonyl (C=O) groups excluding carboxylic acids is 1. The molecule has 0 atom stereocenters. The lowest BCUT2D eigenvalue weighted by molar-refractivity contribution is 0.102. The standard InChI is InChI=1S/C24H23N5O3S/c1-13(2)29-22-17(11-25-29)16(10-18(26-22)14-3-4-14)23(30)28-24-27-19(12-33-24)15-5-6-20-21(9-15)32-8-7-31-20/h5-6,9-14H,3-4,7-8H2,1-2H3,(H,27,28,30). The molecule has 1 fully saturated rings. The Morgan fingerprint density at radius 3 is 2.76 bits per heavy atom. The van der Waals surface area contributed by atoms with Crippen molar-refractivity contribution in [3.05, 3.63) is 47.1 Å². The number of pyridine rings is 1. The van der Waals surface area contributed by atoms with E-state index in [1.807, 2.05) is 34.3 Å². The molecule has 8 nitrogen and oxygen atoms in total. The molecule has 0 spiro atoms. The summed E-state index contributed by atoms with van der Waals surface area (Å²) < 4.78 is 13.1. The SMILES string of the molecule is CC(C)n1ncc2c(C(=O)Nc3nc(-c4ccc5c(c4)OCCO5)cs3)cc(C3CC3)nc21. The van der Waals surface area contributed by atoms with Crippen LogP contribution in [0.15, 0.2) is 35.8 Å². The molecule has 0 radical (unpaired) electrons. The van der Waals surface area contributed by atoms with Crippen molar-refractivity contribution < 1.29 is 14.3 Å². The molecule has 33 heavy (non-hydrogen) atoms. The van der Waals surface area contributed by atoms with Crippen molar-refractivity contribution in [2.45, 2.75) is 38.6 Å². The van der Waals surface area contributed by atoms with Crippen molar-refractivity contribution in [2.75, 3.05) is 18.5 Å². The minimum absolute atomic E-state index is 0.160. The minimum Gasteiger partial charge on any atom is -0.486 e. The number of fused-ring (bicyclic) bond motifs is 2. The number of carbonyl (C=O) groups is 1. The third kappa shape index (κ3) is 3.72. The van der Waals surface area contributed by atoms with E-state index in [0.717, 1.165) is 46.6 Å². The summed E-state index contributed by atoms with van der Waals surface area (Å²) in [7, 11) is 0. The van der Waals surface area contributed by atoms with Gasteiger partial charge in [-0.2, -0.15) is 5.10 Å². The molecule has 168 valence electrons. The van der Waals surface area contributed by atoms with E-state index < -0.39 is 0 Å². The van der Waals surface area contributed by atoms with Crippen LogP contribution in [0, 0.1) is 0 Å². The van der Waals surface area contributed by atoms with Gasteiger partial charge in [0.15, 0.2) is 22.3 Å². The minimum atomic E-state index is -0.198. The van der Waals surface area contributed by atoms with Gasteiger partial charge in [0, 0.05) is 28.6 Å². The van der Waals surface area contributed by atoms with Crippen LogP contribution in [0.1, 0.15) is 54.7 Å². The second-order valence-electron chi connectivity index (χ2n) is 8.64. The molecular formula is C24H23N5O3S. The molecule has 1 aromatic carbocycles. The molecule has 1 N–H and O–H groups in total. The molecule has 0 bridgehead atoms. The van der Waals surface area contributed by atoms with Crippen molar-refractivity contribution in [1.29, 1.82) is 0 Å². The number of nitrogens with one attached hydrogen (secondary N) is 1. The topological polar surface area (TPSA) is 91.2 Å². The predicted octanol–water partition coefficient (Wildman–Crippen LogP) is 5.04. The lowest BCUT2D eigenvalue weighted by Crippen LogP contribution is -2.15. The van der Waals surface area contributed by atoms with E-state index in [4.69, 9.17) is 14.5 Å². The highest BCUT2D eigenvalue weighted by Gasteiger charge is 2.28. The van der Waals surface area contributed by atoms with Crippen LogP contribution in [0.25, 0.3) is 22.3 Å². The molecule has 1 aliphatic carbocycles. The van der Waals surface area contributed by atoms with Crippen LogP contribution < -0.4 is 14.8 Å². The van der Waals surface area contributed by atoms with E-state index in [-0.39, 0.29) is 11.9 Å². The summed E-state index contributed by atoms with van der Waals surface area (Å²) in [6, 6.07) is 7.83. The Kier molecular flexibility index (Phi) is 4.79. The summed E-state index contributed by atoms with van der Waals surface area (Å²) in [6.07, 6.45) is 3.96. The molecule has 6 rings (SSSR count). The maximum atomic E-state index is 13.3. The van der Waals surface area contributed by atoms with Gasteiger partial charge in [0.1, 0.15) is 13.2 Å². The summed E-state index contributed by atoms with van der Waals surface area (Å²) in [5, 5.41) is 10.7. The molecule has 4 aromatic rings. The summed E-state index contributed by atoms with van der Waals surface area (Å²) >= 11 is 1.39. The fourth-order valence-electron chi connectivity index (χ4n) is 4.02. The van der Waals surface area contributed by atoms with E-state index in [1.165, 1.54) is 11.3 Å². The molecule has 9 heteroatoms. The Hall–Kier alpha value is -3.46. The summed E-state index contributed by atoms with van der Waals surface area (Å²) in [5.74, 6) is 1.68. The Bertz CT molecular complexity index is 1370. The van der Waals surface area contributed by atoms with Crippen LogP contribution in [0.3, 0.4) is 0 Å². The second kappa shape index (κ2) is 7.84. The molecule has 4 heterocycles. The number of thiazole rings is 1. The zero-order valence-corrected chi connectivity index (χ0v) is 19.2. The van der Waals surface area contributed by atoms with Gasteiger partial charge in [-0.25, -0.2) is 14.6 Å². The predicted molar refractivity (Wildman–Crippen MR) is 126 cm³/mol. The van der Waals surface area contributed by atoms with E-state index in [1.54, 1.807) is 6.20 Å². The fraction of sp³-hybridized carbons (Fsp3) is 0.333. The van der Waals surface area contributed by atoms with E-state index in [0.29, 0.717) is 35.6 Å². The monoisotopic (exact) mass is 461 g/mol. The molecule has 0 unspecified atom stereocenters. The zero-order valence-electron chi connectivity index (χ0n) is 18.4. The van der Waals surface area contributed by atoms with Gasteiger partial charge in [-0.1, -0.05) is 0 Å². The number of rotatable bonds is 5. The van der Waals surface area contributed by atoms with Crippen molar-refractivity contribution in [3.63, 3.8) is 0 Å². The van der Waals surface area contributed by atoms with E-state index in [2.05, 4.69) is 29.2 Å². The van der Waals surface area contributed by atoms with Crippen molar-refractivity contribution in [2.24, 2.45) is 0 Å². The fourth-order valence-corrected chi connectivity index (χ4v) is 4.74. The number of hydrogen-bond donors (Lipinski definition) is 1. The lowest BCUT2D eigenvalue weighted by Gasteiger charge is -2.18. The smallest absolute Gasteiger partial charge is 0.258 e. The first-order chi connectivity index (χ1) is 16.1. The van der Waals surface area contributed by atoms with Gasteiger partial charge < -0.3 is 9.47 Å². The van der Waals surface area contributed by atoms with Crippen molar-refractivity contribution in [3.8, 4) is 22.8 Å². The van der Waals surface area contributed by atoms with Crippen molar-refractivity contribution >= 4 is 33.4 Å². The largest absolute Gasteiger partial charge is 0.486 e. The first kappa shape index (κ1) is 20.2. The number of nitrogens with zero attached hydrogens (tertiary/aromatic N) is 4. The van der Waals surface area contributed by atoms with Gasteiger partial charge in [0.05, 0.1) is 22.8 Å². The van der Waals surface area contributed by atoms with Gasteiger partial charge in [0.2, 0.25) is 0 Å². The Morgan fingerprint density at radius 1 is 1.15 bits per heavy atom. The van der Waals surface area contributed by atoms with Crippen molar-refractivity contribution in [1.82, 2.24) is 19.7 Å². The van der Waals surface area contributed by atoms with Crippen LogP contribution in [0.2, 0.25) is 0 Å². The molecular weight excluding hydrogens is 438 g/mol. The number of amides is 1. The van der Waals surface area contributed by atoms with Crippen LogP contribution in [-0.4, -0.2) is 38.9 Å². The van der Waals surface area contributed by atoms with Crippen LogP contribution in [-0.2, 0) is 0 Å². The van der Waals surface area contributed by atoms with Gasteiger partial charge >= 0.3 is 0 Å². The third-order valence-electron chi connectivity index (χ3n) is 5.88. The van der Waals surface area contributed by atoms with Gasteiger partial charge in [-0.15, -0.1) is 11.3 Å². The number of ether oxygens (including phenoxy) is 2. The number of aromatic nitrogens is 4. The summed E-state index contributed by atoms with van der Waals surface area (Å²) in [4.78, 5) is 22.8. The highest BCUT2D eigenvalue weighted by atomic mass is 32.1. The van der Waals surface area contributed by atoms with Gasteiger partial charge in [0.25, 0.3) is 5.91 Å². The Balaban J connectivity index is 1.30.